The number of aromatic nitrogens is 2. The van der Waals surface area contributed by atoms with E-state index in [4.69, 9.17) is 14.9 Å². The fourth-order valence-corrected chi connectivity index (χ4v) is 3.53. The van der Waals surface area contributed by atoms with Crippen LogP contribution in [0.25, 0.3) is 0 Å². The molecule has 0 bridgehead atoms. The Morgan fingerprint density at radius 1 is 1.18 bits per heavy atom. The zero-order valence-corrected chi connectivity index (χ0v) is 19.0. The number of nitrogens with two attached hydrogens (primary N) is 1. The van der Waals surface area contributed by atoms with E-state index in [1.54, 1.807) is 12.1 Å². The number of rotatable bonds is 11. The number of carbonyl (C=O) groups is 1. The number of aryl methyl sites for hydroxylation is 1. The van der Waals surface area contributed by atoms with Gasteiger partial charge in [-0.15, -0.1) is 0 Å². The van der Waals surface area contributed by atoms with Crippen molar-refractivity contribution in [1.29, 1.82) is 0 Å². The van der Waals surface area contributed by atoms with Gasteiger partial charge in [-0.25, -0.2) is 4.79 Å². The molecule has 0 saturated carbocycles. The highest BCUT2D eigenvalue weighted by atomic mass is 16.5. The lowest BCUT2D eigenvalue weighted by Gasteiger charge is -2.24. The van der Waals surface area contributed by atoms with Crippen molar-refractivity contribution < 1.29 is 13.9 Å². The van der Waals surface area contributed by atoms with Crippen molar-refractivity contribution in [2.24, 2.45) is 0 Å². The van der Waals surface area contributed by atoms with Gasteiger partial charge in [0.2, 0.25) is 5.91 Å². The molecule has 0 radical (unpaired) electrons. The lowest BCUT2D eigenvalue weighted by Crippen LogP contribution is -2.41. The van der Waals surface area contributed by atoms with Gasteiger partial charge in [0, 0.05) is 13.0 Å². The quantitative estimate of drug-likeness (QED) is 0.459. The molecular formula is C24H30N4O5. The zero-order chi connectivity index (χ0) is 23.8. The molecule has 0 atom stereocenters. The summed E-state index contributed by atoms with van der Waals surface area (Å²) in [5.41, 5.74) is 5.87. The van der Waals surface area contributed by atoms with Gasteiger partial charge in [0.05, 0.1) is 19.4 Å². The van der Waals surface area contributed by atoms with Gasteiger partial charge in [-0.05, 0) is 49.6 Å². The molecule has 1 amide bonds. The van der Waals surface area contributed by atoms with Crippen molar-refractivity contribution in [1.82, 2.24) is 9.55 Å². The summed E-state index contributed by atoms with van der Waals surface area (Å²) in [6.45, 7) is 4.85. The maximum atomic E-state index is 13.3. The number of ether oxygens (including phenoxy) is 1. The van der Waals surface area contributed by atoms with Crippen LogP contribution in [0.3, 0.4) is 0 Å². The number of nitrogens with zero attached hydrogens (tertiary/aromatic N) is 2. The molecule has 3 aromatic rings. The van der Waals surface area contributed by atoms with Gasteiger partial charge in [0.15, 0.2) is 5.69 Å². The summed E-state index contributed by atoms with van der Waals surface area (Å²) in [5, 5.41) is 0. The van der Waals surface area contributed by atoms with Gasteiger partial charge in [-0.2, -0.15) is 0 Å². The molecule has 0 fully saturated rings. The molecule has 2 heterocycles. The number of hydrogen-bond donors (Lipinski definition) is 2. The van der Waals surface area contributed by atoms with Gasteiger partial charge in [-0.1, -0.05) is 25.5 Å². The third-order valence-electron chi connectivity index (χ3n) is 5.28. The Morgan fingerprint density at radius 3 is 2.58 bits per heavy atom. The van der Waals surface area contributed by atoms with Gasteiger partial charge < -0.3 is 14.9 Å². The molecule has 0 saturated heterocycles. The SMILES string of the molecule is CCCCn1c(N)c(N(Cc2ccco2)C(=O)CCc2ccc(OCC)cc2)c(=O)[nH]c1=O. The summed E-state index contributed by atoms with van der Waals surface area (Å²) in [6.07, 6.45) is 3.65. The molecule has 2 aromatic heterocycles. The Bertz CT molecular complexity index is 1160. The number of hydrogen-bond acceptors (Lipinski definition) is 6. The number of amides is 1. The highest BCUT2D eigenvalue weighted by Gasteiger charge is 2.25. The van der Waals surface area contributed by atoms with E-state index in [9.17, 15) is 14.4 Å². The Morgan fingerprint density at radius 2 is 1.94 bits per heavy atom. The van der Waals surface area contributed by atoms with E-state index < -0.39 is 11.2 Å². The first kappa shape index (κ1) is 23.9. The van der Waals surface area contributed by atoms with Gasteiger partial charge in [-0.3, -0.25) is 24.0 Å². The fourth-order valence-electron chi connectivity index (χ4n) is 3.53. The summed E-state index contributed by atoms with van der Waals surface area (Å²) in [7, 11) is 0. The van der Waals surface area contributed by atoms with Crippen LogP contribution >= 0.6 is 0 Å². The minimum absolute atomic E-state index is 0.0222. The van der Waals surface area contributed by atoms with Crippen molar-refractivity contribution in [3.05, 3.63) is 74.8 Å². The summed E-state index contributed by atoms with van der Waals surface area (Å²) in [5.74, 6) is 0.923. The maximum Gasteiger partial charge on any atom is 0.330 e. The molecule has 33 heavy (non-hydrogen) atoms. The van der Waals surface area contributed by atoms with Crippen LogP contribution in [0.4, 0.5) is 11.5 Å². The lowest BCUT2D eigenvalue weighted by molar-refractivity contribution is -0.118. The monoisotopic (exact) mass is 454 g/mol. The van der Waals surface area contributed by atoms with E-state index >= 15 is 0 Å². The predicted octanol–water partition coefficient (Wildman–Crippen LogP) is 3.08. The second kappa shape index (κ2) is 11.2. The molecule has 176 valence electrons. The summed E-state index contributed by atoms with van der Waals surface area (Å²) in [6, 6.07) is 10.9. The highest BCUT2D eigenvalue weighted by Crippen LogP contribution is 2.22. The molecule has 0 aliphatic heterocycles. The number of unbranched alkanes of at least 4 members (excludes halogenated alkanes) is 1. The normalized spacial score (nSPS) is 10.8. The number of carbonyl (C=O) groups excluding carboxylic acids is 1. The Hall–Kier alpha value is -3.75. The molecular weight excluding hydrogens is 424 g/mol. The number of aromatic amines is 1. The average molecular weight is 455 g/mol. The van der Waals surface area contributed by atoms with E-state index in [1.807, 2.05) is 38.1 Å². The minimum atomic E-state index is -0.703. The van der Waals surface area contributed by atoms with Crippen molar-refractivity contribution in [3.8, 4) is 5.75 Å². The first-order chi connectivity index (χ1) is 15.9. The van der Waals surface area contributed by atoms with E-state index in [0.29, 0.717) is 31.8 Å². The van der Waals surface area contributed by atoms with Crippen LogP contribution in [0.5, 0.6) is 5.75 Å². The van der Waals surface area contributed by atoms with E-state index in [0.717, 1.165) is 17.7 Å². The lowest BCUT2D eigenvalue weighted by atomic mass is 10.1. The van der Waals surface area contributed by atoms with Crippen LogP contribution in [0, 0.1) is 0 Å². The van der Waals surface area contributed by atoms with Crippen LogP contribution < -0.4 is 26.6 Å². The second-order valence-electron chi connectivity index (χ2n) is 7.63. The molecule has 3 rings (SSSR count). The summed E-state index contributed by atoms with van der Waals surface area (Å²) in [4.78, 5) is 41.9. The molecule has 1 aromatic carbocycles. The molecule has 9 heteroatoms. The molecule has 0 spiro atoms. The maximum absolute atomic E-state index is 13.3. The number of H-pyrrole nitrogens is 1. The standard InChI is InChI=1S/C24H30N4O5/c1-3-5-14-27-22(25)21(23(30)26-24(27)31)28(16-19-7-6-15-33-19)20(29)13-10-17-8-11-18(12-9-17)32-4-2/h6-9,11-12,15H,3-5,10,13-14,16,25H2,1-2H3,(H,26,30,31). The largest absolute Gasteiger partial charge is 0.494 e. The van der Waals surface area contributed by atoms with Crippen LogP contribution in [0.15, 0.2) is 56.7 Å². The van der Waals surface area contributed by atoms with E-state index in [2.05, 4.69) is 4.98 Å². The van der Waals surface area contributed by atoms with E-state index in [-0.39, 0.29) is 30.4 Å². The van der Waals surface area contributed by atoms with Crippen molar-refractivity contribution in [3.63, 3.8) is 0 Å². The third kappa shape index (κ3) is 5.94. The Labute approximate surface area is 191 Å². The van der Waals surface area contributed by atoms with Crippen LogP contribution in [-0.4, -0.2) is 22.1 Å². The fraction of sp³-hybridized carbons (Fsp3) is 0.375. The average Bonchev–Trinajstić information content (AvgIpc) is 3.31. The molecule has 0 unspecified atom stereocenters. The highest BCUT2D eigenvalue weighted by molar-refractivity contribution is 5.95. The topological polar surface area (TPSA) is 124 Å². The molecule has 9 nitrogen and oxygen atoms in total. The zero-order valence-electron chi connectivity index (χ0n) is 19.0. The third-order valence-corrected chi connectivity index (χ3v) is 5.28. The van der Waals surface area contributed by atoms with Gasteiger partial charge >= 0.3 is 5.69 Å². The smallest absolute Gasteiger partial charge is 0.330 e. The van der Waals surface area contributed by atoms with Gasteiger partial charge in [0.1, 0.15) is 17.3 Å². The second-order valence-corrected chi connectivity index (χ2v) is 7.63. The molecule has 3 N–H and O–H groups in total. The van der Waals surface area contributed by atoms with Crippen LogP contribution in [-0.2, 0) is 24.3 Å². The Kier molecular flexibility index (Phi) is 8.12. The number of nitrogens with one attached hydrogen (secondary N) is 1. The first-order valence-corrected chi connectivity index (χ1v) is 11.1. The number of benzene rings is 1. The summed E-state index contributed by atoms with van der Waals surface area (Å²) < 4.78 is 12.2. The minimum Gasteiger partial charge on any atom is -0.494 e. The van der Waals surface area contributed by atoms with Crippen molar-refractivity contribution in [2.45, 2.75) is 52.6 Å². The van der Waals surface area contributed by atoms with Crippen LogP contribution in [0.1, 0.15) is 44.4 Å². The predicted molar refractivity (Wildman–Crippen MR) is 126 cm³/mol. The number of anilines is 2. The number of furan rings is 1. The van der Waals surface area contributed by atoms with Crippen LogP contribution in [0.2, 0.25) is 0 Å². The summed E-state index contributed by atoms with van der Waals surface area (Å²) >= 11 is 0. The Balaban J connectivity index is 1.89. The first-order valence-electron chi connectivity index (χ1n) is 11.1. The number of nitrogen functional groups attached to an aromatic ring is 1. The molecule has 0 aliphatic rings. The van der Waals surface area contributed by atoms with Gasteiger partial charge in [0.25, 0.3) is 5.56 Å². The molecule has 0 aliphatic carbocycles. The van der Waals surface area contributed by atoms with Crippen molar-refractivity contribution >= 4 is 17.4 Å². The van der Waals surface area contributed by atoms with Crippen molar-refractivity contribution in [2.75, 3.05) is 17.2 Å². The van der Waals surface area contributed by atoms with E-state index in [1.165, 1.54) is 15.7 Å².